The van der Waals surface area contributed by atoms with Crippen LogP contribution in [0.15, 0.2) is 71.3 Å². The second-order valence-electron chi connectivity index (χ2n) is 6.56. The molecule has 0 aromatic carbocycles. The second kappa shape index (κ2) is 5.00. The highest BCUT2D eigenvalue weighted by Gasteiger charge is 2.48. The lowest BCUT2D eigenvalue weighted by atomic mass is 9.85. The third-order valence-corrected chi connectivity index (χ3v) is 5.03. The number of hydrogen-bond donors (Lipinski definition) is 1. The molecule has 0 aromatic heterocycles. The number of carbonyl (C=O) groups excluding carboxylic acids is 2. The van der Waals surface area contributed by atoms with E-state index in [2.05, 4.69) is 23.5 Å². The lowest BCUT2D eigenvalue weighted by molar-refractivity contribution is -0.144. The van der Waals surface area contributed by atoms with Gasteiger partial charge in [-0.05, 0) is 17.2 Å². The summed E-state index contributed by atoms with van der Waals surface area (Å²) in [5.41, 5.74) is 3.96. The van der Waals surface area contributed by atoms with Gasteiger partial charge >= 0.3 is 0 Å². The maximum absolute atomic E-state index is 12.8. The first-order valence-electron chi connectivity index (χ1n) is 8.13. The minimum atomic E-state index is -0.549. The van der Waals surface area contributed by atoms with Crippen LogP contribution in [0.4, 0.5) is 0 Å². The number of fused-ring (bicyclic) bond motifs is 5. The molecule has 0 aromatic rings. The highest BCUT2D eigenvalue weighted by molar-refractivity contribution is 6.04. The van der Waals surface area contributed by atoms with Crippen LogP contribution in [0.1, 0.15) is 6.42 Å². The van der Waals surface area contributed by atoms with E-state index < -0.39 is 6.10 Å². The highest BCUT2D eigenvalue weighted by atomic mass is 16.5. The molecule has 5 rings (SSSR count). The summed E-state index contributed by atoms with van der Waals surface area (Å²) in [4.78, 5) is 26.5. The van der Waals surface area contributed by atoms with Gasteiger partial charge in [0.1, 0.15) is 12.7 Å². The number of nitrogens with one attached hydrogen (secondary N) is 1. The Morgan fingerprint density at radius 1 is 1.12 bits per heavy atom. The first-order chi connectivity index (χ1) is 11.7. The summed E-state index contributed by atoms with van der Waals surface area (Å²) in [6, 6.07) is -0.418. The number of hydrogen-bond acceptors (Lipinski definition) is 5. The number of ether oxygens (including phenoxy) is 1. The molecule has 3 unspecified atom stereocenters. The van der Waals surface area contributed by atoms with Crippen molar-refractivity contribution in [1.82, 2.24) is 10.2 Å². The molecule has 24 heavy (non-hydrogen) atoms. The maximum atomic E-state index is 12.8. The van der Waals surface area contributed by atoms with Crippen LogP contribution in [0.3, 0.4) is 0 Å². The maximum Gasteiger partial charge on any atom is 0.192 e. The van der Waals surface area contributed by atoms with Crippen LogP contribution < -0.4 is 5.32 Å². The summed E-state index contributed by atoms with van der Waals surface area (Å²) in [7, 11) is 0. The Morgan fingerprint density at radius 3 is 2.96 bits per heavy atom. The number of rotatable bonds is 0. The Kier molecular flexibility index (Phi) is 2.89. The molecule has 0 spiro atoms. The molecule has 0 saturated carbocycles. The minimum absolute atomic E-state index is 0.00504. The van der Waals surface area contributed by atoms with Crippen LogP contribution in [-0.2, 0) is 14.3 Å². The van der Waals surface area contributed by atoms with Gasteiger partial charge in [-0.1, -0.05) is 30.4 Å². The number of ketones is 2. The Bertz CT molecular complexity index is 841. The molecule has 5 aliphatic rings. The quantitative estimate of drug-likeness (QED) is 0.729. The van der Waals surface area contributed by atoms with Gasteiger partial charge < -0.3 is 9.64 Å². The monoisotopic (exact) mass is 320 g/mol. The fourth-order valence-electron chi connectivity index (χ4n) is 3.88. The SMILES string of the molecule is O=C1COC2C(=O)C3=CN4C=C5C=CC=CC=C5C=C4C3NC2C1. The van der Waals surface area contributed by atoms with Crippen molar-refractivity contribution >= 4 is 11.6 Å². The van der Waals surface area contributed by atoms with Crippen molar-refractivity contribution in [2.75, 3.05) is 6.61 Å². The van der Waals surface area contributed by atoms with Crippen molar-refractivity contribution in [3.8, 4) is 0 Å². The first kappa shape index (κ1) is 13.9. The van der Waals surface area contributed by atoms with Crippen LogP contribution in [0, 0.1) is 0 Å². The van der Waals surface area contributed by atoms with Gasteiger partial charge in [-0.25, -0.2) is 0 Å². The molecule has 0 amide bonds. The van der Waals surface area contributed by atoms with Crippen LogP contribution in [0.5, 0.6) is 0 Å². The van der Waals surface area contributed by atoms with E-state index >= 15 is 0 Å². The lowest BCUT2D eigenvalue weighted by Crippen LogP contribution is -2.60. The average Bonchev–Trinajstić information content (AvgIpc) is 2.76. The normalized spacial score (nSPS) is 33.5. The average molecular weight is 320 g/mol. The van der Waals surface area contributed by atoms with Crippen LogP contribution in [0.25, 0.3) is 0 Å². The van der Waals surface area contributed by atoms with Gasteiger partial charge in [-0.15, -0.1) is 0 Å². The number of allylic oxidation sites excluding steroid dienone is 8. The molecule has 1 aliphatic carbocycles. The van der Waals surface area contributed by atoms with Crippen molar-refractivity contribution in [1.29, 1.82) is 0 Å². The first-order valence-corrected chi connectivity index (χ1v) is 8.13. The standard InChI is InChI=1S/C19H16N2O3/c22-13-7-15-19(24-10-13)18(23)14-9-21-8-12-5-3-1-2-4-11(12)6-16(21)17(14)20-15/h1-6,8-9,15,17,19-20H,7,10H2. The topological polar surface area (TPSA) is 58.6 Å². The van der Waals surface area contributed by atoms with Crippen LogP contribution in [-0.4, -0.2) is 41.3 Å². The van der Waals surface area contributed by atoms with Gasteiger partial charge in [0.05, 0.1) is 6.04 Å². The van der Waals surface area contributed by atoms with Crippen molar-refractivity contribution in [3.05, 3.63) is 71.3 Å². The molecule has 0 bridgehead atoms. The zero-order valence-electron chi connectivity index (χ0n) is 12.9. The van der Waals surface area contributed by atoms with E-state index in [4.69, 9.17) is 4.74 Å². The predicted octanol–water partition coefficient (Wildman–Crippen LogP) is 1.29. The van der Waals surface area contributed by atoms with Gasteiger partial charge in [0.15, 0.2) is 11.6 Å². The Balaban J connectivity index is 1.54. The van der Waals surface area contributed by atoms with E-state index in [0.717, 1.165) is 16.8 Å². The Labute approximate surface area is 139 Å². The van der Waals surface area contributed by atoms with Crippen molar-refractivity contribution < 1.29 is 14.3 Å². The number of nitrogens with zero attached hydrogens (tertiary/aromatic N) is 1. The van der Waals surface area contributed by atoms with E-state index in [-0.39, 0.29) is 30.3 Å². The minimum Gasteiger partial charge on any atom is -0.361 e. The highest BCUT2D eigenvalue weighted by Crippen LogP contribution is 2.38. The van der Waals surface area contributed by atoms with Crippen LogP contribution in [0.2, 0.25) is 0 Å². The van der Waals surface area contributed by atoms with E-state index in [0.29, 0.717) is 12.0 Å². The molecule has 0 radical (unpaired) electrons. The van der Waals surface area contributed by atoms with Crippen molar-refractivity contribution in [2.24, 2.45) is 0 Å². The van der Waals surface area contributed by atoms with E-state index in [1.165, 1.54) is 0 Å². The molecule has 3 atom stereocenters. The zero-order valence-corrected chi connectivity index (χ0v) is 12.9. The molecule has 5 heteroatoms. The fraction of sp³-hybridized carbons (Fsp3) is 0.263. The molecule has 4 heterocycles. The Morgan fingerprint density at radius 2 is 2.04 bits per heavy atom. The van der Waals surface area contributed by atoms with E-state index in [9.17, 15) is 9.59 Å². The summed E-state index contributed by atoms with van der Waals surface area (Å²) in [6.07, 6.45) is 16.0. The van der Waals surface area contributed by atoms with E-state index in [1.807, 2.05) is 35.5 Å². The lowest BCUT2D eigenvalue weighted by Gasteiger charge is -2.38. The molecule has 2 fully saturated rings. The van der Waals surface area contributed by atoms with Crippen LogP contribution >= 0.6 is 0 Å². The smallest absolute Gasteiger partial charge is 0.192 e. The summed E-state index contributed by atoms with van der Waals surface area (Å²) in [6.45, 7) is 0.0347. The third kappa shape index (κ3) is 1.95. The largest absolute Gasteiger partial charge is 0.361 e. The summed E-state index contributed by atoms with van der Waals surface area (Å²) in [5, 5.41) is 3.45. The predicted molar refractivity (Wildman–Crippen MR) is 87.5 cm³/mol. The fourth-order valence-corrected chi connectivity index (χ4v) is 3.88. The summed E-state index contributed by atoms with van der Waals surface area (Å²) < 4.78 is 5.49. The second-order valence-corrected chi connectivity index (χ2v) is 6.56. The van der Waals surface area contributed by atoms with Gasteiger partial charge in [-0.3, -0.25) is 14.9 Å². The molecular formula is C19H16N2O3. The van der Waals surface area contributed by atoms with E-state index in [1.54, 1.807) is 0 Å². The number of Topliss-reactive ketones (excluding diaryl/α,β-unsaturated/α-hetero) is 2. The summed E-state index contributed by atoms with van der Waals surface area (Å²) >= 11 is 0. The molecule has 2 saturated heterocycles. The van der Waals surface area contributed by atoms with Gasteiger partial charge in [0, 0.05) is 36.1 Å². The van der Waals surface area contributed by atoms with Crippen molar-refractivity contribution in [3.63, 3.8) is 0 Å². The molecule has 1 N–H and O–H groups in total. The molecule has 4 aliphatic heterocycles. The number of piperidine rings is 1. The third-order valence-electron chi connectivity index (χ3n) is 5.03. The summed E-state index contributed by atoms with van der Waals surface area (Å²) in [5.74, 6) is 0.0370. The van der Waals surface area contributed by atoms with Gasteiger partial charge in [-0.2, -0.15) is 0 Å². The van der Waals surface area contributed by atoms with Crippen molar-refractivity contribution in [2.45, 2.75) is 24.6 Å². The van der Waals surface area contributed by atoms with Gasteiger partial charge in [0.25, 0.3) is 0 Å². The zero-order chi connectivity index (χ0) is 16.3. The molecular weight excluding hydrogens is 304 g/mol. The van der Waals surface area contributed by atoms with Gasteiger partial charge in [0.2, 0.25) is 0 Å². The molecule has 5 nitrogen and oxygen atoms in total. The number of carbonyl (C=O) groups is 2. The Hall–Kier alpha value is -2.50. The molecule has 120 valence electrons.